The Hall–Kier alpha value is -1.88. The predicted molar refractivity (Wildman–Crippen MR) is 73.0 cm³/mol. The minimum Gasteiger partial charge on any atom is -0.457 e. The van der Waals surface area contributed by atoms with E-state index in [-0.39, 0.29) is 6.54 Å². The van der Waals surface area contributed by atoms with E-state index in [1.54, 1.807) is 24.3 Å². The highest BCUT2D eigenvalue weighted by Gasteiger charge is 2.17. The highest BCUT2D eigenvalue weighted by atomic mass is 16.5. The van der Waals surface area contributed by atoms with Crippen molar-refractivity contribution >= 4 is 0 Å². The smallest absolute Gasteiger partial charge is 0.127 e. The zero-order valence-electron chi connectivity index (χ0n) is 10.4. The van der Waals surface area contributed by atoms with Crippen molar-refractivity contribution in [2.24, 2.45) is 5.73 Å². The van der Waals surface area contributed by atoms with Crippen molar-refractivity contribution < 1.29 is 14.9 Å². The van der Waals surface area contributed by atoms with Gasteiger partial charge in [0.25, 0.3) is 0 Å². The molecule has 2 rings (SSSR count). The van der Waals surface area contributed by atoms with Gasteiger partial charge < -0.3 is 20.7 Å². The third kappa shape index (κ3) is 3.54. The van der Waals surface area contributed by atoms with Crippen LogP contribution < -0.4 is 10.5 Å². The molecule has 0 aliphatic rings. The van der Waals surface area contributed by atoms with Crippen LogP contribution in [0.1, 0.15) is 11.7 Å². The fraction of sp³-hybridized carbons (Fsp3) is 0.200. The average molecular weight is 259 g/mol. The Morgan fingerprint density at radius 1 is 0.947 bits per heavy atom. The van der Waals surface area contributed by atoms with Gasteiger partial charge in [-0.3, -0.25) is 0 Å². The Bertz CT molecular complexity index is 516. The van der Waals surface area contributed by atoms with Gasteiger partial charge in [-0.2, -0.15) is 0 Å². The van der Waals surface area contributed by atoms with Gasteiger partial charge in [-0.05, 0) is 29.8 Å². The summed E-state index contributed by atoms with van der Waals surface area (Å²) in [7, 11) is 0. The molecule has 0 aliphatic heterocycles. The normalized spacial score (nSPS) is 13.8. The first-order valence-corrected chi connectivity index (χ1v) is 6.10. The van der Waals surface area contributed by atoms with Crippen LogP contribution in [0.3, 0.4) is 0 Å². The van der Waals surface area contributed by atoms with Crippen molar-refractivity contribution in [2.45, 2.75) is 12.2 Å². The van der Waals surface area contributed by atoms with Crippen LogP contribution in [0.5, 0.6) is 11.5 Å². The standard InChI is InChI=1S/C15H17NO3/c16-10-14(17)15(18)11-5-4-8-13(9-11)19-12-6-2-1-3-7-12/h1-9,14-15,17-18H,10,16H2. The molecular weight excluding hydrogens is 242 g/mol. The predicted octanol–water partition coefficient (Wildman–Crippen LogP) is 1.83. The Morgan fingerprint density at radius 2 is 1.63 bits per heavy atom. The van der Waals surface area contributed by atoms with Gasteiger partial charge in [-0.15, -0.1) is 0 Å². The second-order valence-corrected chi connectivity index (χ2v) is 4.24. The zero-order chi connectivity index (χ0) is 13.7. The molecule has 0 saturated carbocycles. The van der Waals surface area contributed by atoms with Crippen LogP contribution in [0, 0.1) is 0 Å². The molecule has 4 N–H and O–H groups in total. The third-order valence-electron chi connectivity index (χ3n) is 2.78. The summed E-state index contributed by atoms with van der Waals surface area (Å²) in [6.07, 6.45) is -1.99. The van der Waals surface area contributed by atoms with Gasteiger partial charge in [0.1, 0.15) is 17.6 Å². The average Bonchev–Trinajstić information content (AvgIpc) is 2.47. The molecular formula is C15H17NO3. The maximum Gasteiger partial charge on any atom is 0.127 e. The summed E-state index contributed by atoms with van der Waals surface area (Å²) < 4.78 is 5.66. The van der Waals surface area contributed by atoms with Gasteiger partial charge in [-0.25, -0.2) is 0 Å². The van der Waals surface area contributed by atoms with E-state index in [1.165, 1.54) is 0 Å². The number of para-hydroxylation sites is 1. The van der Waals surface area contributed by atoms with Crippen molar-refractivity contribution in [1.82, 2.24) is 0 Å². The van der Waals surface area contributed by atoms with Crippen molar-refractivity contribution in [1.29, 1.82) is 0 Å². The first-order valence-electron chi connectivity index (χ1n) is 6.10. The lowest BCUT2D eigenvalue weighted by atomic mass is 10.0. The summed E-state index contributed by atoms with van der Waals surface area (Å²) in [6, 6.07) is 16.3. The number of aliphatic hydroxyl groups is 2. The van der Waals surface area contributed by atoms with Crippen LogP contribution in [-0.2, 0) is 0 Å². The first-order chi connectivity index (χ1) is 9.20. The number of benzene rings is 2. The molecule has 0 saturated heterocycles. The van der Waals surface area contributed by atoms with Crippen LogP contribution in [0.2, 0.25) is 0 Å². The fourth-order valence-electron chi connectivity index (χ4n) is 1.74. The number of nitrogens with two attached hydrogens (primary N) is 1. The second-order valence-electron chi connectivity index (χ2n) is 4.24. The van der Waals surface area contributed by atoms with Crippen molar-refractivity contribution in [3.8, 4) is 11.5 Å². The molecule has 0 fully saturated rings. The van der Waals surface area contributed by atoms with Crippen LogP contribution in [0.25, 0.3) is 0 Å². The molecule has 0 bridgehead atoms. The van der Waals surface area contributed by atoms with E-state index in [2.05, 4.69) is 0 Å². The highest BCUT2D eigenvalue weighted by molar-refractivity contribution is 5.34. The van der Waals surface area contributed by atoms with Crippen LogP contribution >= 0.6 is 0 Å². The van der Waals surface area contributed by atoms with Gasteiger partial charge in [-0.1, -0.05) is 30.3 Å². The SMILES string of the molecule is NCC(O)C(O)c1cccc(Oc2ccccc2)c1. The minimum atomic E-state index is -1.01. The molecule has 0 radical (unpaired) electrons. The van der Waals surface area contributed by atoms with E-state index in [0.29, 0.717) is 17.1 Å². The van der Waals surface area contributed by atoms with E-state index in [0.717, 1.165) is 0 Å². The lowest BCUT2D eigenvalue weighted by Crippen LogP contribution is -2.27. The van der Waals surface area contributed by atoms with Gasteiger partial charge in [0, 0.05) is 6.54 Å². The summed E-state index contributed by atoms with van der Waals surface area (Å²) in [5.41, 5.74) is 5.91. The number of aliphatic hydroxyl groups excluding tert-OH is 2. The molecule has 4 heteroatoms. The Kier molecular flexibility index (Phi) is 4.52. The maximum absolute atomic E-state index is 9.89. The lowest BCUT2D eigenvalue weighted by molar-refractivity contribution is 0.0242. The van der Waals surface area contributed by atoms with E-state index < -0.39 is 12.2 Å². The number of ether oxygens (including phenoxy) is 1. The third-order valence-corrected chi connectivity index (χ3v) is 2.78. The lowest BCUT2D eigenvalue weighted by Gasteiger charge is -2.17. The molecule has 2 aromatic rings. The van der Waals surface area contributed by atoms with E-state index in [4.69, 9.17) is 10.5 Å². The summed E-state index contributed by atoms with van der Waals surface area (Å²) in [5.74, 6) is 1.32. The second kappa shape index (κ2) is 6.33. The molecule has 4 nitrogen and oxygen atoms in total. The molecule has 0 amide bonds. The van der Waals surface area contributed by atoms with Gasteiger partial charge in [0.2, 0.25) is 0 Å². The summed E-state index contributed by atoms with van der Waals surface area (Å²) in [5, 5.41) is 19.4. The summed E-state index contributed by atoms with van der Waals surface area (Å²) in [6.45, 7) is 0.00490. The van der Waals surface area contributed by atoms with E-state index >= 15 is 0 Å². The highest BCUT2D eigenvalue weighted by Crippen LogP contribution is 2.25. The maximum atomic E-state index is 9.89. The molecule has 0 aromatic heterocycles. The van der Waals surface area contributed by atoms with Crippen LogP contribution in [0.15, 0.2) is 54.6 Å². The molecule has 19 heavy (non-hydrogen) atoms. The van der Waals surface area contributed by atoms with Crippen LogP contribution in [0.4, 0.5) is 0 Å². The number of hydrogen-bond acceptors (Lipinski definition) is 4. The topological polar surface area (TPSA) is 75.7 Å². The summed E-state index contributed by atoms with van der Waals surface area (Å²) in [4.78, 5) is 0. The first kappa shape index (κ1) is 13.5. The van der Waals surface area contributed by atoms with Gasteiger partial charge in [0.05, 0.1) is 6.10 Å². The van der Waals surface area contributed by atoms with Crippen molar-refractivity contribution in [3.63, 3.8) is 0 Å². The monoisotopic (exact) mass is 259 g/mol. The Labute approximate surface area is 112 Å². The minimum absolute atomic E-state index is 0.00490. The number of hydrogen-bond donors (Lipinski definition) is 3. The van der Waals surface area contributed by atoms with Crippen molar-refractivity contribution in [2.75, 3.05) is 6.54 Å². The molecule has 2 aromatic carbocycles. The largest absolute Gasteiger partial charge is 0.457 e. The quantitative estimate of drug-likeness (QED) is 0.765. The summed E-state index contributed by atoms with van der Waals surface area (Å²) >= 11 is 0. The Balaban J connectivity index is 2.15. The Morgan fingerprint density at radius 3 is 2.32 bits per heavy atom. The zero-order valence-corrected chi connectivity index (χ0v) is 10.4. The van der Waals surface area contributed by atoms with Crippen LogP contribution in [-0.4, -0.2) is 22.9 Å². The fourth-order valence-corrected chi connectivity index (χ4v) is 1.74. The van der Waals surface area contributed by atoms with E-state index in [9.17, 15) is 10.2 Å². The van der Waals surface area contributed by atoms with Gasteiger partial charge in [0.15, 0.2) is 0 Å². The molecule has 0 heterocycles. The molecule has 0 aliphatic carbocycles. The molecule has 100 valence electrons. The van der Waals surface area contributed by atoms with Crippen molar-refractivity contribution in [3.05, 3.63) is 60.2 Å². The van der Waals surface area contributed by atoms with Gasteiger partial charge >= 0.3 is 0 Å². The van der Waals surface area contributed by atoms with E-state index in [1.807, 2.05) is 30.3 Å². The molecule has 0 spiro atoms. The molecule has 2 unspecified atom stereocenters. The number of rotatable bonds is 5. The molecule has 2 atom stereocenters.